The van der Waals surface area contributed by atoms with Crippen molar-refractivity contribution in [3.8, 4) is 0 Å². The van der Waals surface area contributed by atoms with E-state index in [0.717, 1.165) is 0 Å². The van der Waals surface area contributed by atoms with Gasteiger partial charge in [-0.25, -0.2) is 0 Å². The van der Waals surface area contributed by atoms with E-state index >= 15 is 0 Å². The number of ketones is 2. The van der Waals surface area contributed by atoms with Crippen molar-refractivity contribution in [1.29, 1.82) is 0 Å². The first-order valence-electron chi connectivity index (χ1n) is 5.54. The molecule has 0 unspecified atom stereocenters. The highest BCUT2D eigenvalue weighted by molar-refractivity contribution is 6.30. The van der Waals surface area contributed by atoms with E-state index in [9.17, 15) is 9.59 Å². The van der Waals surface area contributed by atoms with Gasteiger partial charge in [-0.15, -0.1) is 0 Å². The zero-order valence-corrected chi connectivity index (χ0v) is 12.5. The second-order valence-electron chi connectivity index (χ2n) is 3.90. The van der Waals surface area contributed by atoms with Crippen LogP contribution in [0, 0.1) is 0 Å². The Morgan fingerprint density at radius 1 is 0.789 bits per heavy atom. The molecule has 0 aliphatic heterocycles. The van der Waals surface area contributed by atoms with Gasteiger partial charge in [0.2, 0.25) is 0 Å². The predicted molar refractivity (Wildman–Crippen MR) is 76.9 cm³/mol. The number of rotatable bonds is 4. The van der Waals surface area contributed by atoms with Crippen molar-refractivity contribution in [3.63, 3.8) is 0 Å². The van der Waals surface area contributed by atoms with Crippen LogP contribution in [-0.4, -0.2) is 34.6 Å². The molecule has 0 spiro atoms. The van der Waals surface area contributed by atoms with Crippen LogP contribution in [0.5, 0.6) is 0 Å². The van der Waals surface area contributed by atoms with Gasteiger partial charge in [0.15, 0.2) is 11.6 Å². The van der Waals surface area contributed by atoms with Gasteiger partial charge in [0.05, 0.1) is 6.42 Å². The minimum atomic E-state index is -0.194. The Bertz CT molecular complexity index is 564. The quantitative estimate of drug-likeness (QED) is 0.489. The van der Waals surface area contributed by atoms with Crippen LogP contribution in [0.15, 0.2) is 54.6 Å². The molecule has 0 aliphatic rings. The van der Waals surface area contributed by atoms with Gasteiger partial charge in [-0.2, -0.15) is 0 Å². The van der Waals surface area contributed by atoms with Crippen molar-refractivity contribution in [3.05, 3.63) is 70.7 Å². The summed E-state index contributed by atoms with van der Waals surface area (Å²) < 4.78 is 0. The van der Waals surface area contributed by atoms with Gasteiger partial charge in [0, 0.05) is 39.2 Å². The molecule has 2 radical (unpaired) electrons. The summed E-state index contributed by atoms with van der Waals surface area (Å²) in [6.07, 6.45) is -0.119. The van der Waals surface area contributed by atoms with Crippen LogP contribution in [0.1, 0.15) is 27.1 Å². The van der Waals surface area contributed by atoms with E-state index in [-0.39, 0.29) is 41.0 Å². The lowest BCUT2D eigenvalue weighted by atomic mass is 10.0. The molecule has 0 bridgehead atoms. The Labute approximate surface area is 132 Å². The fourth-order valence-corrected chi connectivity index (χ4v) is 1.74. The maximum Gasteiger partial charge on any atom is 0.170 e. The Balaban J connectivity index is 0.00000180. The van der Waals surface area contributed by atoms with Gasteiger partial charge in [-0.3, -0.25) is 9.59 Å². The molecule has 2 nitrogen and oxygen atoms in total. The molecule has 0 fully saturated rings. The lowest BCUT2D eigenvalue weighted by Gasteiger charge is -2.01. The van der Waals surface area contributed by atoms with Gasteiger partial charge < -0.3 is 0 Å². The molecule has 0 N–H and O–H groups in total. The van der Waals surface area contributed by atoms with Crippen molar-refractivity contribution in [2.75, 3.05) is 0 Å². The van der Waals surface area contributed by atoms with Gasteiger partial charge in [-0.1, -0.05) is 41.9 Å². The van der Waals surface area contributed by atoms with Crippen molar-refractivity contribution < 1.29 is 9.59 Å². The molecule has 0 saturated heterocycles. The average molecular weight is 283 g/mol. The Hall–Kier alpha value is -1.16. The highest BCUT2D eigenvalue weighted by atomic mass is 35.5. The van der Waals surface area contributed by atoms with E-state index in [1.54, 1.807) is 48.5 Å². The topological polar surface area (TPSA) is 34.1 Å². The Morgan fingerprint density at radius 3 is 1.79 bits per heavy atom. The minimum Gasteiger partial charge on any atom is -0.294 e. The molecular formula is C15H11ClMgO2. The number of hydrogen-bond donors (Lipinski definition) is 0. The van der Waals surface area contributed by atoms with Gasteiger partial charge >= 0.3 is 0 Å². The molecule has 4 heteroatoms. The molecule has 2 rings (SSSR count). The van der Waals surface area contributed by atoms with Crippen LogP contribution in [0.2, 0.25) is 5.02 Å². The summed E-state index contributed by atoms with van der Waals surface area (Å²) in [7, 11) is 0. The number of benzene rings is 2. The molecule has 0 heterocycles. The molecule has 2 aromatic rings. The third kappa shape index (κ3) is 4.46. The van der Waals surface area contributed by atoms with Crippen molar-refractivity contribution >= 4 is 46.2 Å². The minimum absolute atomic E-state index is 0. The average Bonchev–Trinajstić information content (AvgIpc) is 2.40. The lowest BCUT2D eigenvalue weighted by molar-refractivity contribution is 0.0894. The Kier molecular flexibility index (Phi) is 6.22. The second kappa shape index (κ2) is 7.43. The molecule has 92 valence electrons. The second-order valence-corrected chi connectivity index (χ2v) is 4.33. The number of halogens is 1. The highest BCUT2D eigenvalue weighted by Gasteiger charge is 2.13. The van der Waals surface area contributed by atoms with E-state index in [4.69, 9.17) is 11.6 Å². The first kappa shape index (κ1) is 15.9. The summed E-state index contributed by atoms with van der Waals surface area (Å²) in [5.41, 5.74) is 1.06. The number of carbonyl (C=O) groups excluding carboxylic acids is 2. The zero-order chi connectivity index (χ0) is 13.0. The van der Waals surface area contributed by atoms with Crippen LogP contribution in [0.3, 0.4) is 0 Å². The maximum atomic E-state index is 11.9. The smallest absolute Gasteiger partial charge is 0.170 e. The van der Waals surface area contributed by atoms with Crippen LogP contribution in [-0.2, 0) is 0 Å². The van der Waals surface area contributed by atoms with Crippen molar-refractivity contribution in [2.24, 2.45) is 0 Å². The van der Waals surface area contributed by atoms with E-state index in [1.807, 2.05) is 6.07 Å². The normalized spacial score (nSPS) is 9.53. The van der Waals surface area contributed by atoms with E-state index in [0.29, 0.717) is 16.1 Å². The molecule has 0 saturated carbocycles. The molecule has 0 aromatic heterocycles. The predicted octanol–water partition coefficient (Wildman–Crippen LogP) is 3.41. The molecule has 19 heavy (non-hydrogen) atoms. The van der Waals surface area contributed by atoms with Crippen LogP contribution >= 0.6 is 11.6 Å². The van der Waals surface area contributed by atoms with Gasteiger partial charge in [0.25, 0.3) is 0 Å². The van der Waals surface area contributed by atoms with Gasteiger partial charge in [0.1, 0.15) is 0 Å². The lowest BCUT2D eigenvalue weighted by Crippen LogP contribution is -2.08. The maximum absolute atomic E-state index is 11.9. The molecule has 0 aliphatic carbocycles. The third-order valence-electron chi connectivity index (χ3n) is 2.58. The fourth-order valence-electron chi connectivity index (χ4n) is 1.61. The molecule has 0 atom stereocenters. The summed E-state index contributed by atoms with van der Waals surface area (Å²) in [5, 5.41) is 0.570. The summed E-state index contributed by atoms with van der Waals surface area (Å²) in [4.78, 5) is 23.7. The first-order chi connectivity index (χ1) is 8.66. The Morgan fingerprint density at radius 2 is 1.26 bits per heavy atom. The van der Waals surface area contributed by atoms with E-state index in [2.05, 4.69) is 0 Å². The van der Waals surface area contributed by atoms with Gasteiger partial charge in [-0.05, 0) is 24.3 Å². The molecular weight excluding hydrogens is 272 g/mol. The summed E-state index contributed by atoms with van der Waals surface area (Å²) >= 11 is 5.74. The zero-order valence-electron chi connectivity index (χ0n) is 10.3. The number of hydrogen-bond acceptors (Lipinski definition) is 2. The van der Waals surface area contributed by atoms with Crippen LogP contribution in [0.25, 0.3) is 0 Å². The van der Waals surface area contributed by atoms with Crippen LogP contribution in [0.4, 0.5) is 0 Å². The van der Waals surface area contributed by atoms with E-state index in [1.165, 1.54) is 0 Å². The van der Waals surface area contributed by atoms with Crippen molar-refractivity contribution in [2.45, 2.75) is 6.42 Å². The monoisotopic (exact) mass is 282 g/mol. The highest BCUT2D eigenvalue weighted by Crippen LogP contribution is 2.12. The van der Waals surface area contributed by atoms with E-state index < -0.39 is 0 Å². The first-order valence-corrected chi connectivity index (χ1v) is 5.91. The van der Waals surface area contributed by atoms with Crippen molar-refractivity contribution in [1.82, 2.24) is 0 Å². The largest absolute Gasteiger partial charge is 0.294 e. The molecule has 2 aromatic carbocycles. The number of Topliss-reactive ketones (excluding diaryl/α,β-unsaturated/α-hetero) is 2. The summed E-state index contributed by atoms with van der Waals surface area (Å²) in [6, 6.07) is 15.3. The SMILES string of the molecule is O=C(CC(=O)c1ccc(Cl)cc1)c1ccccc1.[Mg]. The summed E-state index contributed by atoms with van der Waals surface area (Å²) in [6.45, 7) is 0. The third-order valence-corrected chi connectivity index (χ3v) is 2.84. The molecule has 0 amide bonds. The standard InChI is InChI=1S/C15H11ClO2.Mg/c16-13-8-6-12(7-9-13)15(18)10-14(17)11-4-2-1-3-5-11;/h1-9H,10H2;. The van der Waals surface area contributed by atoms with Crippen LogP contribution < -0.4 is 0 Å². The number of carbonyl (C=O) groups is 2. The fraction of sp³-hybridized carbons (Fsp3) is 0.0667. The summed E-state index contributed by atoms with van der Waals surface area (Å²) in [5.74, 6) is -0.365.